The maximum atomic E-state index is 6.15. The maximum Gasteiger partial charge on any atom is 0.195 e. The molecule has 0 amide bonds. The fourth-order valence-electron chi connectivity index (χ4n) is 2.05. The van der Waals surface area contributed by atoms with E-state index < -0.39 is 0 Å². The molecule has 6 heteroatoms. The van der Waals surface area contributed by atoms with Gasteiger partial charge in [0.15, 0.2) is 17.5 Å². The van der Waals surface area contributed by atoms with Crippen LogP contribution in [0, 0.1) is 0 Å². The summed E-state index contributed by atoms with van der Waals surface area (Å²) in [5.41, 5.74) is 1.85. The van der Waals surface area contributed by atoms with E-state index in [2.05, 4.69) is 15.6 Å². The third kappa shape index (κ3) is 4.53. The summed E-state index contributed by atoms with van der Waals surface area (Å²) in [5, 5.41) is 7.15. The molecule has 122 valence electrons. The molecule has 0 aromatic heterocycles. The Bertz CT molecular complexity index is 689. The highest BCUT2D eigenvalue weighted by Gasteiger charge is 2.07. The highest BCUT2D eigenvalue weighted by atomic mass is 35.5. The molecule has 0 saturated carbocycles. The SMILES string of the molecule is CN=C(NCc1ccccc1Cl)Nc1ccc(OC)c(OC)c1. The normalized spacial score (nSPS) is 11.0. The van der Waals surface area contributed by atoms with Gasteiger partial charge in [0.05, 0.1) is 14.2 Å². The van der Waals surface area contributed by atoms with Crippen LogP contribution in [0.2, 0.25) is 5.02 Å². The van der Waals surface area contributed by atoms with Crippen molar-refractivity contribution >= 4 is 23.2 Å². The molecule has 5 nitrogen and oxygen atoms in total. The molecule has 0 fully saturated rings. The molecule has 0 saturated heterocycles. The van der Waals surface area contributed by atoms with E-state index >= 15 is 0 Å². The van der Waals surface area contributed by atoms with Crippen molar-refractivity contribution in [3.63, 3.8) is 0 Å². The van der Waals surface area contributed by atoms with Crippen LogP contribution in [0.1, 0.15) is 5.56 Å². The van der Waals surface area contributed by atoms with Crippen molar-refractivity contribution in [1.82, 2.24) is 5.32 Å². The number of ether oxygens (including phenoxy) is 2. The van der Waals surface area contributed by atoms with Crippen LogP contribution in [0.5, 0.6) is 11.5 Å². The van der Waals surface area contributed by atoms with E-state index in [1.807, 2.05) is 42.5 Å². The number of anilines is 1. The zero-order chi connectivity index (χ0) is 16.7. The smallest absolute Gasteiger partial charge is 0.195 e. The minimum Gasteiger partial charge on any atom is -0.493 e. The van der Waals surface area contributed by atoms with E-state index in [0.29, 0.717) is 24.0 Å². The van der Waals surface area contributed by atoms with E-state index in [1.54, 1.807) is 21.3 Å². The van der Waals surface area contributed by atoms with Crippen LogP contribution in [-0.4, -0.2) is 27.2 Å². The number of nitrogens with zero attached hydrogens (tertiary/aromatic N) is 1. The Morgan fingerprint density at radius 3 is 2.48 bits per heavy atom. The maximum absolute atomic E-state index is 6.15. The number of hydrogen-bond donors (Lipinski definition) is 2. The largest absolute Gasteiger partial charge is 0.493 e. The summed E-state index contributed by atoms with van der Waals surface area (Å²) in [4.78, 5) is 4.21. The van der Waals surface area contributed by atoms with Gasteiger partial charge in [0, 0.05) is 30.4 Å². The van der Waals surface area contributed by atoms with Gasteiger partial charge in [-0.2, -0.15) is 0 Å². The Morgan fingerprint density at radius 2 is 1.83 bits per heavy atom. The first-order valence-corrected chi connectivity index (χ1v) is 7.49. The zero-order valence-electron chi connectivity index (χ0n) is 13.4. The highest BCUT2D eigenvalue weighted by molar-refractivity contribution is 6.31. The molecule has 0 bridgehead atoms. The first kappa shape index (κ1) is 17.0. The van der Waals surface area contributed by atoms with Gasteiger partial charge in [0.25, 0.3) is 0 Å². The molecule has 0 aliphatic rings. The third-order valence-corrected chi connectivity index (χ3v) is 3.64. The summed E-state index contributed by atoms with van der Waals surface area (Å²) in [6.45, 7) is 0.576. The number of aliphatic imine (C=N–C) groups is 1. The van der Waals surface area contributed by atoms with E-state index in [4.69, 9.17) is 21.1 Å². The van der Waals surface area contributed by atoms with Crippen molar-refractivity contribution in [1.29, 1.82) is 0 Å². The van der Waals surface area contributed by atoms with E-state index in [9.17, 15) is 0 Å². The molecule has 23 heavy (non-hydrogen) atoms. The predicted octanol–water partition coefficient (Wildman–Crippen LogP) is 3.54. The molecular weight excluding hydrogens is 314 g/mol. The standard InChI is InChI=1S/C17H20ClN3O2/c1-19-17(20-11-12-6-4-5-7-14(12)18)21-13-8-9-15(22-2)16(10-13)23-3/h4-10H,11H2,1-3H3,(H2,19,20,21). The molecule has 2 N–H and O–H groups in total. The van der Waals surface area contributed by atoms with Crippen molar-refractivity contribution in [2.75, 3.05) is 26.6 Å². The van der Waals surface area contributed by atoms with Crippen LogP contribution in [0.4, 0.5) is 5.69 Å². The quantitative estimate of drug-likeness (QED) is 0.649. The highest BCUT2D eigenvalue weighted by Crippen LogP contribution is 2.29. The van der Waals surface area contributed by atoms with Gasteiger partial charge in [-0.1, -0.05) is 29.8 Å². The van der Waals surface area contributed by atoms with Crippen LogP contribution < -0.4 is 20.1 Å². The third-order valence-electron chi connectivity index (χ3n) is 3.27. The first-order valence-electron chi connectivity index (χ1n) is 7.11. The van der Waals surface area contributed by atoms with Crippen molar-refractivity contribution in [2.24, 2.45) is 4.99 Å². The van der Waals surface area contributed by atoms with Gasteiger partial charge < -0.3 is 20.1 Å². The molecule has 0 unspecified atom stereocenters. The Labute approximate surface area is 141 Å². The molecule has 0 atom stereocenters. The van der Waals surface area contributed by atoms with Gasteiger partial charge in [-0.25, -0.2) is 0 Å². The number of nitrogens with one attached hydrogen (secondary N) is 2. The minimum atomic E-state index is 0.576. The van der Waals surface area contributed by atoms with Crippen LogP contribution in [0.3, 0.4) is 0 Å². The summed E-state index contributed by atoms with van der Waals surface area (Å²) >= 11 is 6.15. The summed E-state index contributed by atoms with van der Waals surface area (Å²) in [6.07, 6.45) is 0. The Balaban J connectivity index is 2.04. The Kier molecular flexibility index (Phi) is 6.11. The molecule has 2 aromatic carbocycles. The summed E-state index contributed by atoms with van der Waals surface area (Å²) in [5.74, 6) is 1.97. The van der Waals surface area contributed by atoms with Crippen molar-refractivity contribution in [2.45, 2.75) is 6.54 Å². The lowest BCUT2D eigenvalue weighted by Crippen LogP contribution is -2.30. The number of hydrogen-bond acceptors (Lipinski definition) is 3. The monoisotopic (exact) mass is 333 g/mol. The lowest BCUT2D eigenvalue weighted by Gasteiger charge is -2.14. The average Bonchev–Trinajstić information content (AvgIpc) is 2.59. The van der Waals surface area contributed by atoms with Crippen molar-refractivity contribution in [3.8, 4) is 11.5 Å². The van der Waals surface area contributed by atoms with Crippen molar-refractivity contribution < 1.29 is 9.47 Å². The first-order chi connectivity index (χ1) is 11.2. The second-order valence-electron chi connectivity index (χ2n) is 4.71. The molecular formula is C17H20ClN3O2. The van der Waals surface area contributed by atoms with Gasteiger partial charge in [0.1, 0.15) is 0 Å². The number of methoxy groups -OCH3 is 2. The van der Waals surface area contributed by atoms with E-state index in [0.717, 1.165) is 16.3 Å². The van der Waals surface area contributed by atoms with Crippen LogP contribution in [0.15, 0.2) is 47.5 Å². The molecule has 0 heterocycles. The molecule has 2 aromatic rings. The summed E-state index contributed by atoms with van der Waals surface area (Å²) in [6, 6.07) is 13.3. The van der Waals surface area contributed by atoms with Crippen LogP contribution >= 0.6 is 11.6 Å². The van der Waals surface area contributed by atoms with E-state index in [1.165, 1.54) is 0 Å². The topological polar surface area (TPSA) is 54.9 Å². The second-order valence-corrected chi connectivity index (χ2v) is 5.12. The molecule has 0 aliphatic heterocycles. The second kappa shape index (κ2) is 8.29. The van der Waals surface area contributed by atoms with Gasteiger partial charge in [0.2, 0.25) is 0 Å². The number of benzene rings is 2. The number of rotatable bonds is 5. The number of halogens is 1. The van der Waals surface area contributed by atoms with Crippen molar-refractivity contribution in [3.05, 3.63) is 53.1 Å². The van der Waals surface area contributed by atoms with Crippen LogP contribution in [-0.2, 0) is 6.54 Å². The van der Waals surface area contributed by atoms with Gasteiger partial charge in [-0.05, 0) is 23.8 Å². The van der Waals surface area contributed by atoms with Crippen LogP contribution in [0.25, 0.3) is 0 Å². The summed E-state index contributed by atoms with van der Waals surface area (Å²) in [7, 11) is 4.92. The minimum absolute atomic E-state index is 0.576. The van der Waals surface area contributed by atoms with Gasteiger partial charge in [-0.3, -0.25) is 4.99 Å². The Morgan fingerprint density at radius 1 is 1.09 bits per heavy atom. The molecule has 2 rings (SSSR count). The molecule has 0 spiro atoms. The fraction of sp³-hybridized carbons (Fsp3) is 0.235. The van der Waals surface area contributed by atoms with E-state index in [-0.39, 0.29) is 0 Å². The zero-order valence-corrected chi connectivity index (χ0v) is 14.1. The van der Waals surface area contributed by atoms with Gasteiger partial charge >= 0.3 is 0 Å². The van der Waals surface area contributed by atoms with Gasteiger partial charge in [-0.15, -0.1) is 0 Å². The molecule has 0 radical (unpaired) electrons. The average molecular weight is 334 g/mol. The molecule has 0 aliphatic carbocycles. The number of guanidine groups is 1. The lowest BCUT2D eigenvalue weighted by molar-refractivity contribution is 0.355. The summed E-state index contributed by atoms with van der Waals surface area (Å²) < 4.78 is 10.5. The lowest BCUT2D eigenvalue weighted by atomic mass is 10.2. The fourth-order valence-corrected chi connectivity index (χ4v) is 2.25. The predicted molar refractivity (Wildman–Crippen MR) is 94.8 cm³/mol. The Hall–Kier alpha value is -2.40.